The van der Waals surface area contributed by atoms with Gasteiger partial charge in [-0.3, -0.25) is 44.6 Å². The Kier molecular flexibility index (Phi) is 16.8. The Bertz CT molecular complexity index is 2050. The second kappa shape index (κ2) is 21.9. The molecule has 3 aromatic carbocycles. The molecule has 4 amide bonds. The summed E-state index contributed by atoms with van der Waals surface area (Å²) in [7, 11) is -4.08. The normalized spacial score (nSPS) is 11.0. The van der Waals surface area contributed by atoms with E-state index in [2.05, 4.69) is 42.0 Å². The minimum Gasteiger partial charge on any atom is -0.352 e. The molecule has 4 rings (SSSR count). The van der Waals surface area contributed by atoms with Crippen LogP contribution in [-0.2, 0) is 42.3 Å². The highest BCUT2D eigenvalue weighted by Crippen LogP contribution is 2.29. The van der Waals surface area contributed by atoms with Crippen molar-refractivity contribution < 1.29 is 32.4 Å². The third kappa shape index (κ3) is 13.8. The number of aryl methyl sites for hydroxylation is 1. The summed E-state index contributed by atoms with van der Waals surface area (Å²) in [6.45, 7) is 7.34. The van der Waals surface area contributed by atoms with Gasteiger partial charge >= 0.3 is 11.8 Å². The zero-order valence-electron chi connectivity index (χ0n) is 31.9. The maximum atomic E-state index is 13.5. The van der Waals surface area contributed by atoms with Gasteiger partial charge in [-0.05, 0) is 104 Å². The van der Waals surface area contributed by atoms with Crippen molar-refractivity contribution in [3.63, 3.8) is 0 Å². The summed E-state index contributed by atoms with van der Waals surface area (Å²) in [5.41, 5.74) is 12.0. The van der Waals surface area contributed by atoms with Crippen LogP contribution in [0, 0.1) is 13.8 Å². The standard InChI is InChI=1S/C40H50N8O7S/c1-4-20-42-39(51)40(52)47-46-33-15-17-34(18-16-33)48-56(53,54)35-19-14-28(2)37(29(35)3)45-36(49)25-30-11-9-13-32(24-30)38(50)43-22-7-5-6-8-23-44-55-27-31-12-10-21-41-26-31/h9-19,21,24,26,44,46,48H,4-8,20,22-23,25,27H2,1-3H3,(H,42,51)(H,43,50)(H,45,49)(H,47,52). The zero-order chi connectivity index (χ0) is 40.3. The SMILES string of the molecule is CCCNC(=O)C(=O)NNc1ccc(NS(=O)(=O)c2ccc(C)c(NC(=O)Cc3cccc(C(=O)NCCCCCCNOCc4cccnc4)c3)c2C)cc1. The van der Waals surface area contributed by atoms with E-state index in [4.69, 9.17) is 4.84 Å². The Labute approximate surface area is 327 Å². The number of unbranched alkanes of at least 4 members (excludes halogenated alkanes) is 3. The third-order valence-electron chi connectivity index (χ3n) is 8.49. The smallest absolute Gasteiger partial charge is 0.327 e. The average Bonchev–Trinajstić information content (AvgIpc) is 3.19. The second-order valence-electron chi connectivity index (χ2n) is 13.0. The van der Waals surface area contributed by atoms with Crippen molar-refractivity contribution in [1.29, 1.82) is 0 Å². The number of hydrazine groups is 1. The molecule has 0 atom stereocenters. The molecule has 0 aliphatic carbocycles. The van der Waals surface area contributed by atoms with Crippen molar-refractivity contribution in [2.75, 3.05) is 35.1 Å². The topological polar surface area (TPSA) is 209 Å². The highest BCUT2D eigenvalue weighted by Gasteiger charge is 2.21. The number of carbonyl (C=O) groups excluding carboxylic acids is 4. The van der Waals surface area contributed by atoms with Gasteiger partial charge in [-0.2, -0.15) is 0 Å². The van der Waals surface area contributed by atoms with Gasteiger partial charge in [0, 0.05) is 49.0 Å². The third-order valence-corrected chi connectivity index (χ3v) is 10.0. The van der Waals surface area contributed by atoms with Crippen LogP contribution in [0.5, 0.6) is 0 Å². The molecule has 4 aromatic rings. The molecule has 0 radical (unpaired) electrons. The predicted molar refractivity (Wildman–Crippen MR) is 215 cm³/mol. The molecule has 0 spiro atoms. The van der Waals surface area contributed by atoms with Gasteiger partial charge in [0.1, 0.15) is 0 Å². The number of benzene rings is 3. The Balaban J connectivity index is 1.22. The maximum Gasteiger partial charge on any atom is 0.327 e. The van der Waals surface area contributed by atoms with Gasteiger partial charge in [-0.15, -0.1) is 0 Å². The van der Waals surface area contributed by atoms with E-state index in [1.165, 1.54) is 30.3 Å². The predicted octanol–water partition coefficient (Wildman–Crippen LogP) is 4.66. The van der Waals surface area contributed by atoms with Crippen molar-refractivity contribution in [3.05, 3.63) is 113 Å². The van der Waals surface area contributed by atoms with Crippen molar-refractivity contribution in [2.45, 2.75) is 70.8 Å². The summed E-state index contributed by atoms with van der Waals surface area (Å²) in [5.74, 6) is -2.23. The number of rotatable bonds is 21. The van der Waals surface area contributed by atoms with Gasteiger partial charge in [-0.25, -0.2) is 13.9 Å². The molecule has 0 aliphatic heterocycles. The fourth-order valence-corrected chi connectivity index (χ4v) is 6.82. The summed E-state index contributed by atoms with van der Waals surface area (Å²) >= 11 is 0. The van der Waals surface area contributed by atoms with Crippen LogP contribution in [0.15, 0.2) is 90.1 Å². The lowest BCUT2D eigenvalue weighted by Crippen LogP contribution is -2.42. The minimum absolute atomic E-state index is 0.0212. The van der Waals surface area contributed by atoms with E-state index >= 15 is 0 Å². The van der Waals surface area contributed by atoms with Crippen LogP contribution >= 0.6 is 0 Å². The van der Waals surface area contributed by atoms with E-state index in [1.54, 1.807) is 56.6 Å². The fraction of sp³-hybridized carbons (Fsp3) is 0.325. The van der Waals surface area contributed by atoms with E-state index in [-0.39, 0.29) is 28.8 Å². The molecule has 16 heteroatoms. The van der Waals surface area contributed by atoms with Crippen LogP contribution in [0.4, 0.5) is 17.1 Å². The largest absolute Gasteiger partial charge is 0.352 e. The molecule has 1 aromatic heterocycles. The number of nitrogens with zero attached hydrogens (tertiary/aromatic N) is 1. The van der Waals surface area contributed by atoms with Gasteiger partial charge in [-0.1, -0.05) is 44.0 Å². The molecule has 15 nitrogen and oxygen atoms in total. The summed E-state index contributed by atoms with van der Waals surface area (Å²) in [4.78, 5) is 59.2. The molecule has 298 valence electrons. The second-order valence-corrected chi connectivity index (χ2v) is 14.7. The van der Waals surface area contributed by atoms with Crippen molar-refractivity contribution >= 4 is 50.7 Å². The van der Waals surface area contributed by atoms with Gasteiger partial charge in [0.25, 0.3) is 15.9 Å². The molecule has 1 heterocycles. The minimum atomic E-state index is -4.08. The first-order valence-corrected chi connectivity index (χ1v) is 19.9. The molecule has 0 unspecified atom stereocenters. The number of hydroxylamine groups is 1. The quantitative estimate of drug-likeness (QED) is 0.0353. The average molecular weight is 787 g/mol. The Morgan fingerprint density at radius 3 is 2.23 bits per heavy atom. The van der Waals surface area contributed by atoms with E-state index < -0.39 is 21.8 Å². The van der Waals surface area contributed by atoms with Crippen molar-refractivity contribution in [2.24, 2.45) is 0 Å². The van der Waals surface area contributed by atoms with Crippen LogP contribution in [0.25, 0.3) is 0 Å². The lowest BCUT2D eigenvalue weighted by Gasteiger charge is -2.17. The summed E-state index contributed by atoms with van der Waals surface area (Å²) in [6.07, 6.45) is 7.87. The molecular formula is C40H50N8O7S. The van der Waals surface area contributed by atoms with Crippen LogP contribution in [0.1, 0.15) is 71.6 Å². The number of sulfonamides is 1. The monoisotopic (exact) mass is 786 g/mol. The van der Waals surface area contributed by atoms with Gasteiger partial charge in [0.2, 0.25) is 5.91 Å². The number of aromatic nitrogens is 1. The Morgan fingerprint density at radius 2 is 1.50 bits per heavy atom. The molecule has 0 aliphatic rings. The Morgan fingerprint density at radius 1 is 0.768 bits per heavy atom. The van der Waals surface area contributed by atoms with Crippen LogP contribution in [0.3, 0.4) is 0 Å². The number of pyridine rings is 1. The first kappa shape index (κ1) is 42.9. The van der Waals surface area contributed by atoms with Gasteiger partial charge in [0.05, 0.1) is 23.6 Å². The maximum absolute atomic E-state index is 13.5. The van der Waals surface area contributed by atoms with Crippen LogP contribution in [-0.4, -0.2) is 56.7 Å². The van der Waals surface area contributed by atoms with E-state index in [0.717, 1.165) is 37.8 Å². The highest BCUT2D eigenvalue weighted by molar-refractivity contribution is 7.92. The number of hydrogen-bond donors (Lipinski definition) is 7. The number of anilines is 3. The van der Waals surface area contributed by atoms with E-state index in [1.807, 2.05) is 19.1 Å². The molecule has 0 bridgehead atoms. The van der Waals surface area contributed by atoms with E-state index in [0.29, 0.717) is 59.7 Å². The van der Waals surface area contributed by atoms with Gasteiger partial charge in [0.15, 0.2) is 0 Å². The lowest BCUT2D eigenvalue weighted by atomic mass is 10.1. The Hall–Kier alpha value is -5.84. The highest BCUT2D eigenvalue weighted by atomic mass is 32.2. The summed E-state index contributed by atoms with van der Waals surface area (Å²) < 4.78 is 29.4. The van der Waals surface area contributed by atoms with E-state index in [9.17, 15) is 27.6 Å². The van der Waals surface area contributed by atoms with Crippen LogP contribution < -0.4 is 37.0 Å². The number of amides is 4. The van der Waals surface area contributed by atoms with Crippen molar-refractivity contribution in [3.8, 4) is 0 Å². The van der Waals surface area contributed by atoms with Crippen molar-refractivity contribution in [1.82, 2.24) is 26.5 Å². The molecule has 0 saturated heterocycles. The fourth-order valence-electron chi connectivity index (χ4n) is 5.51. The first-order valence-electron chi connectivity index (χ1n) is 18.4. The first-order chi connectivity index (χ1) is 27.0. The summed E-state index contributed by atoms with van der Waals surface area (Å²) in [5, 5.41) is 8.27. The zero-order valence-corrected chi connectivity index (χ0v) is 32.7. The molecule has 0 fully saturated rings. The molecular weight excluding hydrogens is 737 g/mol. The number of hydrogen-bond acceptors (Lipinski definition) is 10. The lowest BCUT2D eigenvalue weighted by molar-refractivity contribution is -0.138. The molecule has 7 N–H and O–H groups in total. The van der Waals surface area contributed by atoms with Gasteiger partial charge < -0.3 is 16.0 Å². The molecule has 0 saturated carbocycles. The van der Waals surface area contributed by atoms with Crippen LogP contribution in [0.2, 0.25) is 0 Å². The summed E-state index contributed by atoms with van der Waals surface area (Å²) in [6, 6.07) is 19.8. The number of carbonyl (C=O) groups is 4. The molecule has 56 heavy (non-hydrogen) atoms. The number of nitrogens with one attached hydrogen (secondary N) is 7.